The number of anilines is 3. The van der Waals surface area contributed by atoms with Crippen molar-refractivity contribution in [1.82, 2.24) is 15.2 Å². The van der Waals surface area contributed by atoms with Crippen LogP contribution in [-0.2, 0) is 0 Å². The van der Waals surface area contributed by atoms with Crippen LogP contribution in [0, 0.1) is 0 Å². The molecule has 0 amide bonds. The highest BCUT2D eigenvalue weighted by molar-refractivity contribution is 5.66. The van der Waals surface area contributed by atoms with Crippen LogP contribution in [0.1, 0.15) is 63.5 Å². The minimum atomic E-state index is 0.444. The molecule has 1 fully saturated rings. The fraction of sp³-hybridized carbons (Fsp3) is 0.526. The van der Waals surface area contributed by atoms with Crippen molar-refractivity contribution in [3.05, 3.63) is 35.5 Å². The Kier molecular flexibility index (Phi) is 4.97. The highest BCUT2D eigenvalue weighted by atomic mass is 15.3. The van der Waals surface area contributed by atoms with E-state index >= 15 is 0 Å². The molecule has 3 rings (SSSR count). The summed E-state index contributed by atoms with van der Waals surface area (Å²) in [5, 5.41) is 11.9. The van der Waals surface area contributed by atoms with Gasteiger partial charge in [0.05, 0.1) is 6.20 Å². The van der Waals surface area contributed by atoms with Crippen LogP contribution >= 0.6 is 0 Å². The molecule has 0 aliphatic carbocycles. The van der Waals surface area contributed by atoms with Gasteiger partial charge >= 0.3 is 0 Å². The Morgan fingerprint density at radius 1 is 1.00 bits per heavy atom. The lowest BCUT2D eigenvalue weighted by atomic mass is 9.92. The molecule has 0 radical (unpaired) electrons. The van der Waals surface area contributed by atoms with Crippen molar-refractivity contribution in [1.29, 1.82) is 0 Å². The van der Waals surface area contributed by atoms with Crippen LogP contribution < -0.4 is 10.2 Å². The van der Waals surface area contributed by atoms with Crippen molar-refractivity contribution in [2.45, 2.75) is 52.4 Å². The lowest BCUT2D eigenvalue weighted by Gasteiger charge is -2.21. The van der Waals surface area contributed by atoms with Crippen LogP contribution in [-0.4, -0.2) is 28.3 Å². The largest absolute Gasteiger partial charge is 0.339 e. The van der Waals surface area contributed by atoms with E-state index in [1.165, 1.54) is 24.0 Å². The van der Waals surface area contributed by atoms with Gasteiger partial charge in [-0.2, -0.15) is 10.1 Å². The Morgan fingerprint density at radius 2 is 1.62 bits per heavy atom. The highest BCUT2D eigenvalue weighted by Crippen LogP contribution is 2.34. The second-order valence-electron chi connectivity index (χ2n) is 7.08. The first-order valence-corrected chi connectivity index (χ1v) is 8.90. The molecule has 0 saturated carbocycles. The Morgan fingerprint density at radius 3 is 2.21 bits per heavy atom. The van der Waals surface area contributed by atoms with Gasteiger partial charge in [0.2, 0.25) is 5.95 Å². The second kappa shape index (κ2) is 7.16. The lowest BCUT2D eigenvalue weighted by Crippen LogP contribution is -2.21. The topological polar surface area (TPSA) is 53.9 Å². The van der Waals surface area contributed by atoms with E-state index in [1.807, 2.05) is 0 Å². The molecule has 0 unspecified atom stereocenters. The lowest BCUT2D eigenvalue weighted by molar-refractivity contribution is 0.834. The van der Waals surface area contributed by atoms with E-state index in [9.17, 15) is 0 Å². The number of hydrogen-bond acceptors (Lipinski definition) is 5. The van der Waals surface area contributed by atoms with E-state index in [4.69, 9.17) is 4.98 Å². The van der Waals surface area contributed by atoms with Gasteiger partial charge in [-0.1, -0.05) is 45.9 Å². The molecule has 1 aliphatic heterocycles. The molecule has 5 nitrogen and oxygen atoms in total. The van der Waals surface area contributed by atoms with Crippen LogP contribution in [0.15, 0.2) is 24.4 Å². The maximum Gasteiger partial charge on any atom is 0.247 e. The first-order chi connectivity index (χ1) is 11.6. The molecule has 5 heteroatoms. The predicted octanol–water partition coefficient (Wildman–Crippen LogP) is 4.46. The van der Waals surface area contributed by atoms with E-state index in [0.717, 1.165) is 30.5 Å². The summed E-state index contributed by atoms with van der Waals surface area (Å²) >= 11 is 0. The predicted molar refractivity (Wildman–Crippen MR) is 99.2 cm³/mol. The molecule has 2 heterocycles. The van der Waals surface area contributed by atoms with Gasteiger partial charge in [0.1, 0.15) is 0 Å². The summed E-state index contributed by atoms with van der Waals surface area (Å²) in [6.07, 6.45) is 4.12. The summed E-state index contributed by atoms with van der Waals surface area (Å²) in [5.74, 6) is 2.38. The van der Waals surface area contributed by atoms with Crippen molar-refractivity contribution in [3.8, 4) is 0 Å². The number of nitrogens with zero attached hydrogens (tertiary/aromatic N) is 4. The Bertz CT molecular complexity index is 664. The molecule has 0 bridgehead atoms. The molecule has 24 heavy (non-hydrogen) atoms. The maximum absolute atomic E-state index is 4.69. The fourth-order valence-electron chi connectivity index (χ4n) is 3.23. The van der Waals surface area contributed by atoms with E-state index in [0.29, 0.717) is 11.8 Å². The van der Waals surface area contributed by atoms with Gasteiger partial charge < -0.3 is 10.2 Å². The third kappa shape index (κ3) is 3.50. The normalized spacial score (nSPS) is 14.7. The zero-order chi connectivity index (χ0) is 17.1. The summed E-state index contributed by atoms with van der Waals surface area (Å²) in [6.45, 7) is 10.9. The number of para-hydroxylation sites is 1. The summed E-state index contributed by atoms with van der Waals surface area (Å²) in [6, 6.07) is 6.52. The number of nitrogens with one attached hydrogen (secondary N) is 1. The van der Waals surface area contributed by atoms with Gasteiger partial charge in [0.15, 0.2) is 5.82 Å². The average Bonchev–Trinajstić information content (AvgIpc) is 3.09. The first kappa shape index (κ1) is 16.7. The first-order valence-electron chi connectivity index (χ1n) is 8.90. The van der Waals surface area contributed by atoms with E-state index in [1.54, 1.807) is 6.20 Å². The zero-order valence-electron chi connectivity index (χ0n) is 15.1. The van der Waals surface area contributed by atoms with Gasteiger partial charge in [-0.05, 0) is 35.8 Å². The van der Waals surface area contributed by atoms with Crippen LogP contribution in [0.2, 0.25) is 0 Å². The zero-order valence-corrected chi connectivity index (χ0v) is 15.1. The summed E-state index contributed by atoms with van der Waals surface area (Å²) in [5.41, 5.74) is 3.78. The van der Waals surface area contributed by atoms with Gasteiger partial charge in [-0.3, -0.25) is 0 Å². The molecule has 0 spiro atoms. The third-order valence-electron chi connectivity index (χ3n) is 4.56. The molecule has 0 atom stereocenters. The maximum atomic E-state index is 4.69. The van der Waals surface area contributed by atoms with Crippen LogP contribution in [0.3, 0.4) is 0 Å². The number of rotatable bonds is 5. The fourth-order valence-corrected chi connectivity index (χ4v) is 3.23. The van der Waals surface area contributed by atoms with E-state index in [2.05, 4.69) is 66.3 Å². The molecule has 128 valence electrons. The van der Waals surface area contributed by atoms with Crippen molar-refractivity contribution in [2.75, 3.05) is 23.3 Å². The second-order valence-corrected chi connectivity index (χ2v) is 7.08. The number of aromatic nitrogens is 3. The summed E-state index contributed by atoms with van der Waals surface area (Å²) < 4.78 is 0. The Hall–Kier alpha value is -2.17. The average molecular weight is 325 g/mol. The molecular formula is C19H27N5. The van der Waals surface area contributed by atoms with Gasteiger partial charge in [0.25, 0.3) is 0 Å². The molecular weight excluding hydrogens is 298 g/mol. The molecule has 1 saturated heterocycles. The number of benzene rings is 1. The van der Waals surface area contributed by atoms with Crippen molar-refractivity contribution >= 4 is 17.5 Å². The minimum absolute atomic E-state index is 0.444. The van der Waals surface area contributed by atoms with Crippen molar-refractivity contribution in [2.24, 2.45) is 0 Å². The highest BCUT2D eigenvalue weighted by Gasteiger charge is 2.18. The minimum Gasteiger partial charge on any atom is -0.339 e. The van der Waals surface area contributed by atoms with E-state index < -0.39 is 0 Å². The van der Waals surface area contributed by atoms with Crippen molar-refractivity contribution in [3.63, 3.8) is 0 Å². The smallest absolute Gasteiger partial charge is 0.247 e. The van der Waals surface area contributed by atoms with Crippen LogP contribution in [0.4, 0.5) is 17.5 Å². The van der Waals surface area contributed by atoms with Gasteiger partial charge in [-0.15, -0.1) is 5.10 Å². The standard InChI is InChI=1S/C19H27N5/c1-13(2)15-8-7-9-16(14(3)4)18(15)21-17-12-20-23-19(22-17)24-10-5-6-11-24/h7-9,12-14H,5-6,10-11H2,1-4H3,(H,21,22,23). The van der Waals surface area contributed by atoms with Crippen LogP contribution in [0.5, 0.6) is 0 Å². The monoisotopic (exact) mass is 325 g/mol. The Balaban J connectivity index is 1.94. The molecule has 1 aliphatic rings. The quantitative estimate of drug-likeness (QED) is 0.879. The third-order valence-corrected chi connectivity index (χ3v) is 4.56. The van der Waals surface area contributed by atoms with E-state index in [-0.39, 0.29) is 0 Å². The van der Waals surface area contributed by atoms with Crippen LogP contribution in [0.25, 0.3) is 0 Å². The SMILES string of the molecule is CC(C)c1cccc(C(C)C)c1Nc1cnnc(N2CCCC2)n1. The molecule has 2 aromatic rings. The summed E-state index contributed by atoms with van der Waals surface area (Å²) in [7, 11) is 0. The van der Waals surface area contributed by atoms with Crippen molar-refractivity contribution < 1.29 is 0 Å². The molecule has 1 N–H and O–H groups in total. The number of hydrogen-bond donors (Lipinski definition) is 1. The Labute approximate surface area is 144 Å². The summed E-state index contributed by atoms with van der Waals surface area (Å²) in [4.78, 5) is 6.90. The van der Waals surface area contributed by atoms with Gasteiger partial charge in [0, 0.05) is 18.8 Å². The van der Waals surface area contributed by atoms with Gasteiger partial charge in [-0.25, -0.2) is 0 Å². The molecule has 1 aromatic heterocycles. The molecule has 1 aromatic carbocycles.